The summed E-state index contributed by atoms with van der Waals surface area (Å²) in [5.74, 6) is 0.960. The highest BCUT2D eigenvalue weighted by atomic mass is 16.4. The summed E-state index contributed by atoms with van der Waals surface area (Å²) in [4.78, 5) is 0. The lowest BCUT2D eigenvalue weighted by molar-refractivity contribution is 0.584. The molecule has 0 atom stereocenters. The molecule has 0 aliphatic heterocycles. The molecule has 50 heavy (non-hydrogen) atoms. The lowest BCUT2D eigenvalue weighted by atomic mass is 9.85. The molecular weight excluding hydrogens is 609 g/mol. The topological polar surface area (TPSA) is 26.3 Å². The van der Waals surface area contributed by atoms with Crippen LogP contribution in [0.15, 0.2) is 161 Å². The van der Waals surface area contributed by atoms with Crippen molar-refractivity contribution in [2.24, 2.45) is 0 Å². The average molecular weight is 639 g/mol. The van der Waals surface area contributed by atoms with E-state index in [-0.39, 0.29) is 0 Å². The van der Waals surface area contributed by atoms with E-state index in [1.54, 1.807) is 0 Å². The highest BCUT2D eigenvalue weighted by molar-refractivity contribution is 6.22. The van der Waals surface area contributed by atoms with Gasteiger partial charge in [-0.3, -0.25) is 0 Å². The van der Waals surface area contributed by atoms with Crippen molar-refractivity contribution in [3.8, 4) is 33.4 Å². The highest BCUT2D eigenvalue weighted by Crippen LogP contribution is 2.45. The largest absolute Gasteiger partial charge is 0.452 e. The maximum Gasteiger partial charge on any atom is 0.178 e. The normalized spacial score (nSPS) is 13.0. The monoisotopic (exact) mass is 638 g/mol. The lowest BCUT2D eigenvalue weighted by Crippen LogP contribution is -1.91. The van der Waals surface area contributed by atoms with Crippen LogP contribution < -0.4 is 0 Å². The second-order valence-corrected chi connectivity index (χ2v) is 13.5. The number of hydrogen-bond donors (Lipinski definition) is 0. The first-order chi connectivity index (χ1) is 24.8. The highest BCUT2D eigenvalue weighted by Gasteiger charge is 2.21. The van der Waals surface area contributed by atoms with Crippen LogP contribution in [-0.2, 0) is 6.42 Å². The summed E-state index contributed by atoms with van der Waals surface area (Å²) in [6.07, 6.45) is 6.33. The number of rotatable bonds is 3. The lowest BCUT2D eigenvalue weighted by Gasteiger charge is -2.18. The van der Waals surface area contributed by atoms with Crippen molar-refractivity contribution in [1.29, 1.82) is 0 Å². The molecule has 11 rings (SSSR count). The van der Waals surface area contributed by atoms with Gasteiger partial charge >= 0.3 is 0 Å². The van der Waals surface area contributed by atoms with E-state index < -0.39 is 0 Å². The van der Waals surface area contributed by atoms with Gasteiger partial charge in [0.15, 0.2) is 11.2 Å². The fraction of sp³-hybridized carbons (Fsp3) is 0.0417. The van der Waals surface area contributed by atoms with Crippen LogP contribution in [0.1, 0.15) is 17.7 Å². The quantitative estimate of drug-likeness (QED) is 0.180. The summed E-state index contributed by atoms with van der Waals surface area (Å²) >= 11 is 0. The molecule has 0 amide bonds. The Balaban J connectivity index is 1.09. The molecular formula is C48H30O2. The third-order valence-corrected chi connectivity index (χ3v) is 10.7. The second-order valence-electron chi connectivity index (χ2n) is 13.5. The van der Waals surface area contributed by atoms with Gasteiger partial charge < -0.3 is 8.83 Å². The van der Waals surface area contributed by atoms with Crippen molar-refractivity contribution in [1.82, 2.24) is 0 Å². The van der Waals surface area contributed by atoms with Gasteiger partial charge in [0, 0.05) is 21.7 Å². The third-order valence-electron chi connectivity index (χ3n) is 10.7. The number of allylic oxidation sites excluding steroid dienone is 1. The number of benzene rings is 8. The summed E-state index contributed by atoms with van der Waals surface area (Å²) in [7, 11) is 0. The Morgan fingerprint density at radius 3 is 1.80 bits per heavy atom. The van der Waals surface area contributed by atoms with Crippen LogP contribution in [0.25, 0.3) is 105 Å². The second kappa shape index (κ2) is 10.6. The van der Waals surface area contributed by atoms with Gasteiger partial charge in [-0.15, -0.1) is 0 Å². The van der Waals surface area contributed by atoms with Gasteiger partial charge in [-0.2, -0.15) is 0 Å². The van der Waals surface area contributed by atoms with E-state index in [4.69, 9.17) is 8.83 Å². The van der Waals surface area contributed by atoms with Gasteiger partial charge in [0.05, 0.1) is 0 Å². The molecule has 2 nitrogen and oxygen atoms in total. The van der Waals surface area contributed by atoms with E-state index in [0.717, 1.165) is 57.1 Å². The van der Waals surface area contributed by atoms with E-state index in [2.05, 4.69) is 158 Å². The summed E-state index contributed by atoms with van der Waals surface area (Å²) in [5, 5.41) is 10.9. The van der Waals surface area contributed by atoms with Gasteiger partial charge in [0.25, 0.3) is 0 Å². The Hall–Kier alpha value is -6.38. The van der Waals surface area contributed by atoms with E-state index in [1.165, 1.54) is 65.7 Å². The van der Waals surface area contributed by atoms with Gasteiger partial charge in [-0.05, 0) is 121 Å². The summed E-state index contributed by atoms with van der Waals surface area (Å²) in [5.41, 5.74) is 11.1. The minimum absolute atomic E-state index is 0.829. The molecule has 0 radical (unpaired) electrons. The average Bonchev–Trinajstić information content (AvgIpc) is 3.75. The van der Waals surface area contributed by atoms with Gasteiger partial charge in [0.2, 0.25) is 0 Å². The van der Waals surface area contributed by atoms with E-state index in [0.29, 0.717) is 0 Å². The Morgan fingerprint density at radius 1 is 0.400 bits per heavy atom. The van der Waals surface area contributed by atoms with Crippen LogP contribution in [0.4, 0.5) is 0 Å². The Labute approximate surface area is 288 Å². The fourth-order valence-corrected chi connectivity index (χ4v) is 8.40. The molecule has 0 saturated heterocycles. The molecule has 2 aromatic heterocycles. The maximum absolute atomic E-state index is 6.48. The molecule has 8 aromatic carbocycles. The zero-order chi connectivity index (χ0) is 32.8. The van der Waals surface area contributed by atoms with Crippen molar-refractivity contribution in [3.63, 3.8) is 0 Å². The molecule has 0 N–H and O–H groups in total. The van der Waals surface area contributed by atoms with Crippen LogP contribution in [0.2, 0.25) is 0 Å². The van der Waals surface area contributed by atoms with Crippen molar-refractivity contribution in [3.05, 3.63) is 163 Å². The first kappa shape index (κ1) is 27.6. The SMILES string of the molecule is C1=Cc2oc3c(ccc4c5cc(-c6cccc(-c7c8ccccc8c(-c8ccc9ccccc9c8)c8ccccc78)c6)ccc5oc43)c2CC1. The Morgan fingerprint density at radius 2 is 1.02 bits per heavy atom. The van der Waals surface area contributed by atoms with Crippen LogP contribution >= 0.6 is 0 Å². The standard InChI is InChI=1S/C48H30O2/c1-2-11-30-26-34(21-20-29(30)10-1)46-38-17-5-3-15-36(38)45(37-16-4-6-18-39(37)46)33-13-9-12-31(27-33)32-22-25-44-42(28-32)41-24-23-40-35-14-7-8-19-43(35)49-47(40)48(41)50-44/h1-6,8-13,15-28H,7,14H2. The van der Waals surface area contributed by atoms with Crippen LogP contribution in [-0.4, -0.2) is 0 Å². The van der Waals surface area contributed by atoms with Crippen LogP contribution in [0.3, 0.4) is 0 Å². The van der Waals surface area contributed by atoms with Crippen molar-refractivity contribution >= 4 is 71.3 Å². The molecule has 234 valence electrons. The Kier molecular flexibility index (Phi) is 5.82. The van der Waals surface area contributed by atoms with E-state index in [9.17, 15) is 0 Å². The van der Waals surface area contributed by atoms with Gasteiger partial charge in [-0.25, -0.2) is 0 Å². The minimum Gasteiger partial charge on any atom is -0.452 e. The van der Waals surface area contributed by atoms with Crippen molar-refractivity contribution < 1.29 is 8.83 Å². The molecule has 0 bridgehead atoms. The molecule has 2 heteroatoms. The molecule has 1 aliphatic rings. The predicted molar refractivity (Wildman–Crippen MR) is 210 cm³/mol. The summed E-state index contributed by atoms with van der Waals surface area (Å²) in [6.45, 7) is 0. The van der Waals surface area contributed by atoms with E-state index >= 15 is 0 Å². The molecule has 0 spiro atoms. The minimum atomic E-state index is 0.829. The number of hydrogen-bond acceptors (Lipinski definition) is 2. The van der Waals surface area contributed by atoms with Gasteiger partial charge in [-0.1, -0.05) is 115 Å². The molecule has 0 unspecified atom stereocenters. The molecule has 2 heterocycles. The maximum atomic E-state index is 6.48. The predicted octanol–water partition coefficient (Wildman–Crippen LogP) is 13.8. The van der Waals surface area contributed by atoms with Gasteiger partial charge in [0.1, 0.15) is 11.3 Å². The van der Waals surface area contributed by atoms with E-state index in [1.807, 2.05) is 0 Å². The molecule has 0 fully saturated rings. The zero-order valence-electron chi connectivity index (χ0n) is 27.2. The van der Waals surface area contributed by atoms with Crippen molar-refractivity contribution in [2.75, 3.05) is 0 Å². The summed E-state index contributed by atoms with van der Waals surface area (Å²) in [6, 6.07) is 53.2. The zero-order valence-corrected chi connectivity index (χ0v) is 27.2. The number of aryl methyl sites for hydroxylation is 1. The smallest absolute Gasteiger partial charge is 0.178 e. The fourth-order valence-electron chi connectivity index (χ4n) is 8.40. The number of furan rings is 2. The van der Waals surface area contributed by atoms with Crippen LogP contribution in [0.5, 0.6) is 0 Å². The third kappa shape index (κ3) is 4.02. The Bertz CT molecular complexity index is 2980. The first-order valence-corrected chi connectivity index (χ1v) is 17.4. The summed E-state index contributed by atoms with van der Waals surface area (Å²) < 4.78 is 12.8. The molecule has 0 saturated carbocycles. The molecule has 1 aliphatic carbocycles. The van der Waals surface area contributed by atoms with Crippen LogP contribution in [0, 0.1) is 0 Å². The van der Waals surface area contributed by atoms with Crippen molar-refractivity contribution in [2.45, 2.75) is 12.8 Å². The first-order valence-electron chi connectivity index (χ1n) is 17.4. The molecule has 10 aromatic rings. The number of fused-ring (bicyclic) bond motifs is 10.